The molecule has 19 heavy (non-hydrogen) atoms. The highest BCUT2D eigenvalue weighted by Gasteiger charge is 2.18. The molecule has 1 atom stereocenters. The molecule has 1 unspecified atom stereocenters. The molecule has 0 aromatic carbocycles. The van der Waals surface area contributed by atoms with Gasteiger partial charge < -0.3 is 14.2 Å². The van der Waals surface area contributed by atoms with Gasteiger partial charge in [0.1, 0.15) is 11.8 Å². The molecule has 1 fully saturated rings. The lowest BCUT2D eigenvalue weighted by atomic mass is 10.1. The lowest BCUT2D eigenvalue weighted by molar-refractivity contribution is 0.0153. The molecular weight excluding hydrogens is 244 g/mol. The second-order valence-electron chi connectivity index (χ2n) is 4.62. The van der Waals surface area contributed by atoms with Crippen LogP contribution in [0.5, 0.6) is 0 Å². The number of aromatic nitrogens is 3. The van der Waals surface area contributed by atoms with E-state index in [0.29, 0.717) is 23.8 Å². The molecule has 1 aliphatic rings. The second kappa shape index (κ2) is 5.24. The first-order valence-corrected chi connectivity index (χ1v) is 6.38. The largest absolute Gasteiger partial charge is 0.378 e. The minimum atomic E-state index is 0.195. The van der Waals surface area contributed by atoms with Crippen molar-refractivity contribution in [2.24, 2.45) is 0 Å². The fourth-order valence-electron chi connectivity index (χ4n) is 2.21. The summed E-state index contributed by atoms with van der Waals surface area (Å²) >= 11 is 0. The molecule has 0 saturated carbocycles. The van der Waals surface area contributed by atoms with Crippen LogP contribution in [0.2, 0.25) is 0 Å². The summed E-state index contributed by atoms with van der Waals surface area (Å²) in [6.45, 7) is 0.818. The predicted molar refractivity (Wildman–Crippen MR) is 66.1 cm³/mol. The minimum absolute atomic E-state index is 0.195. The first-order chi connectivity index (χ1) is 9.35. The standard InChI is InChI=1S/C13H14N4O2/c14-7-10-5-9(8-15-10)13-16-12(17-19-13)6-11-3-1-2-4-18-11/h5,8,11,15H,1-4,6H2. The number of nitriles is 1. The molecule has 3 heterocycles. The molecule has 1 saturated heterocycles. The Balaban J connectivity index is 1.70. The van der Waals surface area contributed by atoms with Crippen LogP contribution in [0.15, 0.2) is 16.8 Å². The van der Waals surface area contributed by atoms with E-state index < -0.39 is 0 Å². The number of nitrogens with zero attached hydrogens (tertiary/aromatic N) is 3. The third-order valence-electron chi connectivity index (χ3n) is 3.20. The zero-order valence-corrected chi connectivity index (χ0v) is 10.4. The number of hydrogen-bond donors (Lipinski definition) is 1. The van der Waals surface area contributed by atoms with E-state index >= 15 is 0 Å². The molecule has 0 radical (unpaired) electrons. The SMILES string of the molecule is N#Cc1cc(-c2nc(CC3CCCCO3)no2)c[nH]1. The van der Waals surface area contributed by atoms with Gasteiger partial charge in [0.05, 0.1) is 11.7 Å². The Hall–Kier alpha value is -2.13. The fourth-order valence-corrected chi connectivity index (χ4v) is 2.21. The first kappa shape index (κ1) is 11.9. The lowest BCUT2D eigenvalue weighted by Gasteiger charge is -2.20. The molecule has 6 nitrogen and oxygen atoms in total. The molecule has 0 spiro atoms. The van der Waals surface area contributed by atoms with Gasteiger partial charge in [-0.25, -0.2) is 0 Å². The van der Waals surface area contributed by atoms with Gasteiger partial charge in [-0.3, -0.25) is 0 Å². The maximum Gasteiger partial charge on any atom is 0.259 e. The van der Waals surface area contributed by atoms with E-state index in [0.717, 1.165) is 25.0 Å². The molecule has 3 rings (SSSR count). The molecule has 98 valence electrons. The highest BCUT2D eigenvalue weighted by Crippen LogP contribution is 2.20. The Bertz CT molecular complexity index is 590. The number of ether oxygens (including phenoxy) is 1. The van der Waals surface area contributed by atoms with Gasteiger partial charge in [0.25, 0.3) is 5.89 Å². The van der Waals surface area contributed by atoms with Gasteiger partial charge in [-0.1, -0.05) is 5.16 Å². The fraction of sp³-hybridized carbons (Fsp3) is 0.462. The van der Waals surface area contributed by atoms with Crippen LogP contribution in [0.25, 0.3) is 11.5 Å². The van der Waals surface area contributed by atoms with E-state index in [1.165, 1.54) is 6.42 Å². The third kappa shape index (κ3) is 2.66. The van der Waals surface area contributed by atoms with E-state index in [9.17, 15) is 0 Å². The normalized spacial score (nSPS) is 19.2. The number of hydrogen-bond acceptors (Lipinski definition) is 5. The van der Waals surface area contributed by atoms with Crippen molar-refractivity contribution in [3.8, 4) is 17.5 Å². The van der Waals surface area contributed by atoms with Gasteiger partial charge in [-0.2, -0.15) is 10.2 Å². The van der Waals surface area contributed by atoms with Gasteiger partial charge in [-0.05, 0) is 25.3 Å². The van der Waals surface area contributed by atoms with Crippen LogP contribution in [-0.4, -0.2) is 27.8 Å². The van der Waals surface area contributed by atoms with Gasteiger partial charge >= 0.3 is 0 Å². The van der Waals surface area contributed by atoms with E-state index in [-0.39, 0.29) is 6.10 Å². The van der Waals surface area contributed by atoms with Crippen molar-refractivity contribution >= 4 is 0 Å². The molecule has 2 aromatic rings. The minimum Gasteiger partial charge on any atom is -0.378 e. The van der Waals surface area contributed by atoms with Gasteiger partial charge in [0, 0.05) is 19.2 Å². The van der Waals surface area contributed by atoms with Crippen LogP contribution in [-0.2, 0) is 11.2 Å². The third-order valence-corrected chi connectivity index (χ3v) is 3.20. The monoisotopic (exact) mass is 258 g/mol. The molecule has 0 bridgehead atoms. The zero-order valence-electron chi connectivity index (χ0n) is 10.4. The van der Waals surface area contributed by atoms with Crippen LogP contribution in [0.4, 0.5) is 0 Å². The summed E-state index contributed by atoms with van der Waals surface area (Å²) in [6.07, 6.45) is 5.94. The number of H-pyrrole nitrogens is 1. The predicted octanol–water partition coefficient (Wildman–Crippen LogP) is 2.05. The molecule has 0 aliphatic carbocycles. The van der Waals surface area contributed by atoms with Crippen molar-refractivity contribution in [3.63, 3.8) is 0 Å². The first-order valence-electron chi connectivity index (χ1n) is 6.38. The molecular formula is C13H14N4O2. The molecule has 6 heteroatoms. The zero-order chi connectivity index (χ0) is 13.1. The quantitative estimate of drug-likeness (QED) is 0.910. The van der Waals surface area contributed by atoms with Crippen LogP contribution in [0.3, 0.4) is 0 Å². The second-order valence-corrected chi connectivity index (χ2v) is 4.62. The summed E-state index contributed by atoms with van der Waals surface area (Å²) in [5.41, 5.74) is 1.21. The lowest BCUT2D eigenvalue weighted by Crippen LogP contribution is -2.21. The Morgan fingerprint density at radius 3 is 3.16 bits per heavy atom. The Morgan fingerprint density at radius 2 is 2.42 bits per heavy atom. The van der Waals surface area contributed by atoms with Gasteiger partial charge in [-0.15, -0.1) is 0 Å². The van der Waals surface area contributed by atoms with Crippen LogP contribution >= 0.6 is 0 Å². The average molecular weight is 258 g/mol. The smallest absolute Gasteiger partial charge is 0.259 e. The summed E-state index contributed by atoms with van der Waals surface area (Å²) in [4.78, 5) is 7.17. The van der Waals surface area contributed by atoms with Crippen molar-refractivity contribution in [1.29, 1.82) is 5.26 Å². The number of aromatic amines is 1. The van der Waals surface area contributed by atoms with Crippen molar-refractivity contribution in [1.82, 2.24) is 15.1 Å². The van der Waals surface area contributed by atoms with E-state index in [4.69, 9.17) is 14.5 Å². The Kier molecular flexibility index (Phi) is 3.29. The van der Waals surface area contributed by atoms with Crippen molar-refractivity contribution < 1.29 is 9.26 Å². The van der Waals surface area contributed by atoms with Crippen molar-refractivity contribution in [3.05, 3.63) is 23.8 Å². The van der Waals surface area contributed by atoms with Crippen LogP contribution < -0.4 is 0 Å². The maximum atomic E-state index is 8.75. The molecule has 0 amide bonds. The van der Waals surface area contributed by atoms with Crippen LogP contribution in [0.1, 0.15) is 30.8 Å². The highest BCUT2D eigenvalue weighted by atomic mass is 16.5. The number of rotatable bonds is 3. The Morgan fingerprint density at radius 1 is 1.47 bits per heavy atom. The van der Waals surface area contributed by atoms with Crippen molar-refractivity contribution in [2.75, 3.05) is 6.61 Å². The summed E-state index contributed by atoms with van der Waals surface area (Å²) < 4.78 is 10.9. The molecule has 2 aromatic heterocycles. The number of nitrogens with one attached hydrogen (secondary N) is 1. The van der Waals surface area contributed by atoms with Crippen molar-refractivity contribution in [2.45, 2.75) is 31.8 Å². The summed E-state index contributed by atoms with van der Waals surface area (Å²) in [5, 5.41) is 12.7. The van der Waals surface area contributed by atoms with E-state index in [2.05, 4.69) is 15.1 Å². The maximum absolute atomic E-state index is 8.75. The summed E-state index contributed by atoms with van der Waals surface area (Å²) in [5.74, 6) is 1.09. The Labute approximate surface area is 110 Å². The average Bonchev–Trinajstić information content (AvgIpc) is 3.08. The topological polar surface area (TPSA) is 87.7 Å². The summed E-state index contributed by atoms with van der Waals surface area (Å²) in [7, 11) is 0. The van der Waals surface area contributed by atoms with E-state index in [1.807, 2.05) is 6.07 Å². The van der Waals surface area contributed by atoms with Gasteiger partial charge in [0.15, 0.2) is 5.82 Å². The van der Waals surface area contributed by atoms with Crippen LogP contribution in [0, 0.1) is 11.3 Å². The highest BCUT2D eigenvalue weighted by molar-refractivity contribution is 5.54. The summed E-state index contributed by atoms with van der Waals surface area (Å²) in [6, 6.07) is 3.71. The molecule has 1 N–H and O–H groups in total. The van der Waals surface area contributed by atoms with Gasteiger partial charge in [0.2, 0.25) is 0 Å². The molecule has 1 aliphatic heterocycles. The van der Waals surface area contributed by atoms with E-state index in [1.54, 1.807) is 12.3 Å².